The van der Waals surface area contributed by atoms with Gasteiger partial charge in [0.05, 0.1) is 18.8 Å². The van der Waals surface area contributed by atoms with E-state index in [1.165, 1.54) is 4.90 Å². The maximum atomic E-state index is 13.6. The molecule has 0 saturated carbocycles. The first kappa shape index (κ1) is 22.0. The molecule has 2 amide bonds. The highest BCUT2D eigenvalue weighted by Gasteiger charge is 2.43. The lowest BCUT2D eigenvalue weighted by atomic mass is 9.90. The van der Waals surface area contributed by atoms with Crippen LogP contribution in [-0.4, -0.2) is 79.0 Å². The number of carbonyl (C=O) groups is 2. The number of rotatable bonds is 5. The lowest BCUT2D eigenvalue weighted by Gasteiger charge is -2.37. The van der Waals surface area contributed by atoms with Crippen molar-refractivity contribution in [3.63, 3.8) is 0 Å². The number of benzene rings is 1. The standard InChI is InChI=1S/C25H35N3O3/c1-17-5-6-21(20(4)14-17)22-23(27-15-18(2)13-19(3)16-27)25(30)28(24(22)29)8-7-26-9-11-31-12-10-26/h5-6,14,18-19H,7-13,15-16H2,1-4H3. The molecule has 1 aromatic carbocycles. The van der Waals surface area contributed by atoms with Crippen LogP contribution < -0.4 is 0 Å². The monoisotopic (exact) mass is 425 g/mol. The van der Waals surface area contributed by atoms with Gasteiger partial charge < -0.3 is 9.64 Å². The minimum atomic E-state index is -0.147. The minimum absolute atomic E-state index is 0.130. The summed E-state index contributed by atoms with van der Waals surface area (Å²) in [4.78, 5) is 33.2. The molecule has 0 bridgehead atoms. The Labute approximate surface area is 185 Å². The normalized spacial score (nSPS) is 25.7. The van der Waals surface area contributed by atoms with Crippen LogP contribution in [0.3, 0.4) is 0 Å². The summed E-state index contributed by atoms with van der Waals surface area (Å²) in [6, 6.07) is 6.13. The Hall–Kier alpha value is -2.18. The lowest BCUT2D eigenvalue weighted by molar-refractivity contribution is -0.138. The molecule has 6 nitrogen and oxygen atoms in total. The second-order valence-corrected chi connectivity index (χ2v) is 9.61. The van der Waals surface area contributed by atoms with E-state index in [-0.39, 0.29) is 11.8 Å². The van der Waals surface area contributed by atoms with Crippen molar-refractivity contribution in [2.24, 2.45) is 11.8 Å². The maximum Gasteiger partial charge on any atom is 0.277 e. The number of ether oxygens (including phenoxy) is 1. The van der Waals surface area contributed by atoms with E-state index < -0.39 is 0 Å². The van der Waals surface area contributed by atoms with Crippen LogP contribution in [0.5, 0.6) is 0 Å². The Morgan fingerprint density at radius 2 is 1.65 bits per heavy atom. The van der Waals surface area contributed by atoms with E-state index in [1.807, 2.05) is 19.1 Å². The molecule has 6 heteroatoms. The van der Waals surface area contributed by atoms with E-state index in [4.69, 9.17) is 4.74 Å². The molecule has 0 aromatic heterocycles. The Morgan fingerprint density at radius 3 is 2.29 bits per heavy atom. The minimum Gasteiger partial charge on any atom is -0.379 e. The molecule has 4 rings (SSSR count). The summed E-state index contributed by atoms with van der Waals surface area (Å²) in [6.45, 7) is 14.4. The van der Waals surface area contributed by atoms with Gasteiger partial charge in [0.15, 0.2) is 0 Å². The number of hydrogen-bond donors (Lipinski definition) is 0. The van der Waals surface area contributed by atoms with Crippen molar-refractivity contribution < 1.29 is 14.3 Å². The highest BCUT2D eigenvalue weighted by atomic mass is 16.5. The summed E-state index contributed by atoms with van der Waals surface area (Å²) in [5.41, 5.74) is 4.29. The third-order valence-electron chi connectivity index (χ3n) is 6.72. The fourth-order valence-electron chi connectivity index (χ4n) is 5.31. The van der Waals surface area contributed by atoms with E-state index in [0.29, 0.717) is 49.4 Å². The molecule has 0 spiro atoms. The number of nitrogens with zero attached hydrogens (tertiary/aromatic N) is 3. The number of aryl methyl sites for hydroxylation is 2. The van der Waals surface area contributed by atoms with Crippen molar-refractivity contribution in [3.05, 3.63) is 40.6 Å². The van der Waals surface area contributed by atoms with Crippen molar-refractivity contribution in [1.82, 2.24) is 14.7 Å². The van der Waals surface area contributed by atoms with Gasteiger partial charge in [-0.3, -0.25) is 19.4 Å². The molecule has 2 saturated heterocycles. The molecule has 0 radical (unpaired) electrons. The van der Waals surface area contributed by atoms with E-state index in [0.717, 1.165) is 49.3 Å². The van der Waals surface area contributed by atoms with Gasteiger partial charge in [-0.05, 0) is 43.2 Å². The third-order valence-corrected chi connectivity index (χ3v) is 6.72. The predicted molar refractivity (Wildman–Crippen MR) is 121 cm³/mol. The summed E-state index contributed by atoms with van der Waals surface area (Å²) in [6.07, 6.45) is 1.16. The second kappa shape index (κ2) is 9.13. The van der Waals surface area contributed by atoms with Crippen molar-refractivity contribution in [3.8, 4) is 0 Å². The maximum absolute atomic E-state index is 13.6. The second-order valence-electron chi connectivity index (χ2n) is 9.61. The number of morpholine rings is 1. The van der Waals surface area contributed by atoms with Crippen LogP contribution >= 0.6 is 0 Å². The molecule has 31 heavy (non-hydrogen) atoms. The van der Waals surface area contributed by atoms with Gasteiger partial charge in [-0.2, -0.15) is 0 Å². The predicted octanol–water partition coefficient (Wildman–Crippen LogP) is 2.69. The topological polar surface area (TPSA) is 53.1 Å². The van der Waals surface area contributed by atoms with E-state index in [1.54, 1.807) is 0 Å². The first-order valence-electron chi connectivity index (χ1n) is 11.6. The van der Waals surface area contributed by atoms with Gasteiger partial charge in [-0.25, -0.2) is 0 Å². The van der Waals surface area contributed by atoms with Crippen LogP contribution in [0.2, 0.25) is 0 Å². The summed E-state index contributed by atoms with van der Waals surface area (Å²) in [5, 5.41) is 0. The van der Waals surface area contributed by atoms with Gasteiger partial charge in [0, 0.05) is 39.3 Å². The molecule has 168 valence electrons. The summed E-state index contributed by atoms with van der Waals surface area (Å²) in [5.74, 6) is 0.726. The highest BCUT2D eigenvalue weighted by molar-refractivity contribution is 6.35. The Kier molecular flexibility index (Phi) is 6.49. The van der Waals surface area contributed by atoms with Crippen molar-refractivity contribution >= 4 is 17.4 Å². The Bertz CT molecular complexity index is 878. The quantitative estimate of drug-likeness (QED) is 0.679. The largest absolute Gasteiger partial charge is 0.379 e. The Balaban J connectivity index is 1.67. The summed E-state index contributed by atoms with van der Waals surface area (Å²) in [7, 11) is 0. The molecular weight excluding hydrogens is 390 g/mol. The van der Waals surface area contributed by atoms with Crippen LogP contribution in [0.15, 0.2) is 23.9 Å². The van der Waals surface area contributed by atoms with Crippen LogP contribution in [0.4, 0.5) is 0 Å². The fourth-order valence-corrected chi connectivity index (χ4v) is 5.31. The average Bonchev–Trinajstić information content (AvgIpc) is 2.96. The van der Waals surface area contributed by atoms with Crippen molar-refractivity contribution in [2.45, 2.75) is 34.1 Å². The molecule has 3 aliphatic rings. The number of hydrogen-bond acceptors (Lipinski definition) is 5. The molecule has 1 aromatic rings. The van der Waals surface area contributed by atoms with Gasteiger partial charge in [0.1, 0.15) is 5.70 Å². The van der Waals surface area contributed by atoms with Gasteiger partial charge in [0.25, 0.3) is 11.8 Å². The fraction of sp³-hybridized carbons (Fsp3) is 0.600. The molecule has 2 fully saturated rings. The number of imide groups is 1. The molecule has 3 heterocycles. The van der Waals surface area contributed by atoms with Crippen LogP contribution in [0.1, 0.15) is 37.0 Å². The average molecular weight is 426 g/mol. The number of piperidine rings is 1. The molecule has 2 unspecified atom stereocenters. The molecule has 0 aliphatic carbocycles. The van der Waals surface area contributed by atoms with E-state index in [2.05, 4.69) is 36.6 Å². The molecule has 2 atom stereocenters. The van der Waals surface area contributed by atoms with Crippen LogP contribution in [-0.2, 0) is 14.3 Å². The SMILES string of the molecule is Cc1ccc(C2=C(N3CC(C)CC(C)C3)C(=O)N(CCN3CCOCC3)C2=O)c(C)c1. The Morgan fingerprint density at radius 1 is 0.968 bits per heavy atom. The zero-order valence-corrected chi connectivity index (χ0v) is 19.3. The lowest BCUT2D eigenvalue weighted by Crippen LogP contribution is -2.45. The smallest absolute Gasteiger partial charge is 0.277 e. The first-order chi connectivity index (χ1) is 14.8. The number of likely N-dealkylation sites (tertiary alicyclic amines) is 1. The van der Waals surface area contributed by atoms with Crippen LogP contribution in [0, 0.1) is 25.7 Å². The van der Waals surface area contributed by atoms with Gasteiger partial charge in [-0.1, -0.05) is 37.6 Å². The third kappa shape index (κ3) is 4.55. The number of carbonyl (C=O) groups excluding carboxylic acids is 2. The van der Waals surface area contributed by atoms with E-state index in [9.17, 15) is 9.59 Å². The molecule has 3 aliphatic heterocycles. The summed E-state index contributed by atoms with van der Waals surface area (Å²) >= 11 is 0. The number of amides is 2. The van der Waals surface area contributed by atoms with Crippen molar-refractivity contribution in [1.29, 1.82) is 0 Å². The van der Waals surface area contributed by atoms with Crippen molar-refractivity contribution in [2.75, 3.05) is 52.5 Å². The zero-order chi connectivity index (χ0) is 22.1. The molecule has 0 N–H and O–H groups in total. The van der Waals surface area contributed by atoms with Gasteiger partial charge in [-0.15, -0.1) is 0 Å². The van der Waals surface area contributed by atoms with Gasteiger partial charge in [0.2, 0.25) is 0 Å². The first-order valence-corrected chi connectivity index (χ1v) is 11.6. The van der Waals surface area contributed by atoms with Gasteiger partial charge >= 0.3 is 0 Å². The highest BCUT2D eigenvalue weighted by Crippen LogP contribution is 2.36. The van der Waals surface area contributed by atoms with E-state index >= 15 is 0 Å². The summed E-state index contributed by atoms with van der Waals surface area (Å²) < 4.78 is 5.42. The molecular formula is C25H35N3O3. The zero-order valence-electron chi connectivity index (χ0n) is 19.3. The van der Waals surface area contributed by atoms with Crippen LogP contribution in [0.25, 0.3) is 5.57 Å².